The van der Waals surface area contributed by atoms with E-state index in [-0.39, 0.29) is 11.6 Å². The van der Waals surface area contributed by atoms with Crippen molar-refractivity contribution in [2.24, 2.45) is 10.9 Å². The summed E-state index contributed by atoms with van der Waals surface area (Å²) < 4.78 is 10.3. The third-order valence-electron chi connectivity index (χ3n) is 4.48. The summed E-state index contributed by atoms with van der Waals surface area (Å²) in [6.45, 7) is 5.18. The predicted octanol–water partition coefficient (Wildman–Crippen LogP) is 3.06. The van der Waals surface area contributed by atoms with Crippen LogP contribution in [0.2, 0.25) is 0 Å². The van der Waals surface area contributed by atoms with Crippen molar-refractivity contribution in [3.8, 4) is 0 Å². The van der Waals surface area contributed by atoms with Gasteiger partial charge in [0.25, 0.3) is 11.6 Å². The zero-order valence-corrected chi connectivity index (χ0v) is 15.3. The van der Waals surface area contributed by atoms with Gasteiger partial charge in [0.05, 0.1) is 12.0 Å². The molecule has 0 radical (unpaired) electrons. The van der Waals surface area contributed by atoms with E-state index in [1.54, 1.807) is 32.9 Å². The predicted molar refractivity (Wildman–Crippen MR) is 96.1 cm³/mol. The number of rotatable bonds is 4. The molecular formula is C18H18N4O5. The highest BCUT2D eigenvalue weighted by atomic mass is 16.6. The summed E-state index contributed by atoms with van der Waals surface area (Å²) in [5.74, 6) is -1.19. The zero-order valence-electron chi connectivity index (χ0n) is 15.3. The SMILES string of the molecule is COC(=O)C1C(C)=NC(C)=C(c2nc(C)no2)C1c1cccc([N+](=O)[O-])c1. The van der Waals surface area contributed by atoms with Gasteiger partial charge in [-0.25, -0.2) is 0 Å². The number of methoxy groups -OCH3 is 1. The van der Waals surface area contributed by atoms with Crippen molar-refractivity contribution in [2.45, 2.75) is 26.7 Å². The van der Waals surface area contributed by atoms with Crippen LogP contribution in [0.3, 0.4) is 0 Å². The number of aliphatic imine (C=N–C) groups is 1. The summed E-state index contributed by atoms with van der Waals surface area (Å²) in [5, 5.41) is 15.0. The van der Waals surface area contributed by atoms with E-state index in [0.717, 1.165) is 0 Å². The van der Waals surface area contributed by atoms with E-state index >= 15 is 0 Å². The first-order chi connectivity index (χ1) is 12.8. The van der Waals surface area contributed by atoms with Crippen molar-refractivity contribution >= 4 is 22.9 Å². The largest absolute Gasteiger partial charge is 0.468 e. The molecule has 3 rings (SSSR count). The number of nitro benzene ring substituents is 1. The number of carbonyl (C=O) groups is 1. The van der Waals surface area contributed by atoms with E-state index < -0.39 is 22.7 Å². The van der Waals surface area contributed by atoms with Gasteiger partial charge in [-0.1, -0.05) is 17.3 Å². The highest BCUT2D eigenvalue weighted by Gasteiger charge is 2.41. The van der Waals surface area contributed by atoms with Crippen LogP contribution in [0.4, 0.5) is 5.69 Å². The molecule has 9 nitrogen and oxygen atoms in total. The number of carbonyl (C=O) groups excluding carboxylic acids is 1. The molecule has 0 fully saturated rings. The molecule has 1 aliphatic rings. The molecule has 0 spiro atoms. The minimum absolute atomic E-state index is 0.0741. The monoisotopic (exact) mass is 370 g/mol. The first kappa shape index (κ1) is 18.4. The first-order valence-corrected chi connectivity index (χ1v) is 8.22. The molecule has 0 amide bonds. The van der Waals surface area contributed by atoms with Crippen LogP contribution in [-0.4, -0.2) is 33.9 Å². The van der Waals surface area contributed by atoms with Crippen molar-refractivity contribution in [1.82, 2.24) is 10.1 Å². The Labute approximate surface area is 154 Å². The average molecular weight is 370 g/mol. The van der Waals surface area contributed by atoms with Crippen LogP contribution in [0.5, 0.6) is 0 Å². The fourth-order valence-electron chi connectivity index (χ4n) is 3.35. The van der Waals surface area contributed by atoms with E-state index in [4.69, 9.17) is 9.26 Å². The number of aryl methyl sites for hydroxylation is 1. The molecular weight excluding hydrogens is 352 g/mol. The topological polar surface area (TPSA) is 121 Å². The van der Waals surface area contributed by atoms with Crippen LogP contribution in [0.1, 0.15) is 37.0 Å². The second kappa shape index (κ2) is 7.10. The zero-order chi connectivity index (χ0) is 19.7. The van der Waals surface area contributed by atoms with Crippen LogP contribution in [0, 0.1) is 23.0 Å². The van der Waals surface area contributed by atoms with Gasteiger partial charge in [-0.3, -0.25) is 19.9 Å². The summed E-state index contributed by atoms with van der Waals surface area (Å²) in [6.07, 6.45) is 0. The number of allylic oxidation sites excluding steroid dienone is 2. The van der Waals surface area contributed by atoms with E-state index in [9.17, 15) is 14.9 Å². The van der Waals surface area contributed by atoms with Crippen LogP contribution >= 0.6 is 0 Å². The van der Waals surface area contributed by atoms with Gasteiger partial charge < -0.3 is 9.26 Å². The molecule has 2 aromatic rings. The summed E-state index contributed by atoms with van der Waals surface area (Å²) in [4.78, 5) is 32.0. The molecule has 27 heavy (non-hydrogen) atoms. The molecule has 0 saturated heterocycles. The lowest BCUT2D eigenvalue weighted by molar-refractivity contribution is -0.384. The Balaban J connectivity index is 2.25. The summed E-state index contributed by atoms with van der Waals surface area (Å²) in [6, 6.07) is 6.14. The van der Waals surface area contributed by atoms with E-state index in [0.29, 0.717) is 28.4 Å². The normalized spacial score (nSPS) is 19.6. The summed E-state index contributed by atoms with van der Waals surface area (Å²) in [5.41, 5.74) is 2.20. The maximum absolute atomic E-state index is 12.5. The molecule has 140 valence electrons. The molecule has 0 aliphatic carbocycles. The molecule has 2 heterocycles. The third-order valence-corrected chi connectivity index (χ3v) is 4.48. The lowest BCUT2D eigenvalue weighted by Gasteiger charge is -2.30. The second-order valence-electron chi connectivity index (χ2n) is 6.23. The number of esters is 1. The Hall–Kier alpha value is -3.36. The number of hydrogen-bond acceptors (Lipinski definition) is 8. The Bertz CT molecular complexity index is 976. The van der Waals surface area contributed by atoms with E-state index in [2.05, 4.69) is 15.1 Å². The molecule has 0 N–H and O–H groups in total. The number of nitro groups is 1. The van der Waals surface area contributed by atoms with Gasteiger partial charge in [0, 0.05) is 35.0 Å². The van der Waals surface area contributed by atoms with Crippen molar-refractivity contribution in [3.05, 3.63) is 57.4 Å². The number of hydrogen-bond donors (Lipinski definition) is 0. The molecule has 0 saturated carbocycles. The van der Waals surface area contributed by atoms with Crippen molar-refractivity contribution in [3.63, 3.8) is 0 Å². The molecule has 0 bridgehead atoms. The highest BCUT2D eigenvalue weighted by Crippen LogP contribution is 2.44. The summed E-state index contributed by atoms with van der Waals surface area (Å²) >= 11 is 0. The van der Waals surface area contributed by atoms with Gasteiger partial charge in [-0.05, 0) is 26.3 Å². The molecule has 1 aromatic heterocycles. The molecule has 1 aliphatic heterocycles. The number of ether oxygens (including phenoxy) is 1. The van der Waals surface area contributed by atoms with Gasteiger partial charge in [0.1, 0.15) is 5.92 Å². The fourth-order valence-corrected chi connectivity index (χ4v) is 3.35. The van der Waals surface area contributed by atoms with Crippen LogP contribution in [0.15, 0.2) is 39.5 Å². The van der Waals surface area contributed by atoms with Crippen molar-refractivity contribution < 1.29 is 19.0 Å². The molecule has 2 unspecified atom stereocenters. The molecule has 9 heteroatoms. The average Bonchev–Trinajstić information content (AvgIpc) is 3.06. The highest BCUT2D eigenvalue weighted by molar-refractivity contribution is 6.06. The van der Waals surface area contributed by atoms with Crippen molar-refractivity contribution in [1.29, 1.82) is 0 Å². The van der Waals surface area contributed by atoms with Gasteiger partial charge >= 0.3 is 5.97 Å². The van der Waals surface area contributed by atoms with Gasteiger partial charge in [0.15, 0.2) is 5.82 Å². The standard InChI is InChI=1S/C18H18N4O5/c1-9-14(17-20-11(3)21-27-17)16(15(10(2)19-9)18(23)26-4)12-6-5-7-13(8-12)22(24)25/h5-8,15-16H,1-4H3. The number of aromatic nitrogens is 2. The van der Waals surface area contributed by atoms with E-state index in [1.807, 2.05) is 0 Å². The Morgan fingerprint density at radius 3 is 2.63 bits per heavy atom. The quantitative estimate of drug-likeness (QED) is 0.460. The molecule has 1 aromatic carbocycles. The van der Waals surface area contributed by atoms with Gasteiger partial charge in [-0.15, -0.1) is 0 Å². The number of nitrogens with zero attached hydrogens (tertiary/aromatic N) is 4. The minimum Gasteiger partial charge on any atom is -0.468 e. The first-order valence-electron chi connectivity index (χ1n) is 8.22. The Kier molecular flexibility index (Phi) is 4.85. The smallest absolute Gasteiger partial charge is 0.315 e. The van der Waals surface area contributed by atoms with E-state index in [1.165, 1.54) is 19.2 Å². The van der Waals surface area contributed by atoms with Crippen molar-refractivity contribution in [2.75, 3.05) is 7.11 Å². The van der Waals surface area contributed by atoms with Crippen LogP contribution < -0.4 is 0 Å². The number of non-ortho nitro benzene ring substituents is 1. The lowest BCUT2D eigenvalue weighted by atomic mass is 9.75. The lowest BCUT2D eigenvalue weighted by Crippen LogP contribution is -2.33. The minimum atomic E-state index is -0.761. The maximum atomic E-state index is 12.5. The number of benzene rings is 1. The third kappa shape index (κ3) is 3.35. The Morgan fingerprint density at radius 1 is 1.30 bits per heavy atom. The maximum Gasteiger partial charge on any atom is 0.315 e. The van der Waals surface area contributed by atoms with Crippen LogP contribution in [-0.2, 0) is 9.53 Å². The fraction of sp³-hybridized carbons (Fsp3) is 0.333. The van der Waals surface area contributed by atoms with Crippen LogP contribution in [0.25, 0.3) is 5.57 Å². The molecule has 2 atom stereocenters. The Morgan fingerprint density at radius 2 is 2.04 bits per heavy atom. The van der Waals surface area contributed by atoms with Gasteiger partial charge in [-0.2, -0.15) is 4.98 Å². The summed E-state index contributed by atoms with van der Waals surface area (Å²) in [7, 11) is 1.29. The second-order valence-corrected chi connectivity index (χ2v) is 6.23. The van der Waals surface area contributed by atoms with Gasteiger partial charge in [0.2, 0.25) is 0 Å².